The fourth-order valence-electron chi connectivity index (χ4n) is 2.72. The van der Waals surface area contributed by atoms with Gasteiger partial charge in [0.05, 0.1) is 6.54 Å². The molecule has 0 saturated heterocycles. The zero-order valence-electron chi connectivity index (χ0n) is 12.2. The molecule has 0 atom stereocenters. The van der Waals surface area contributed by atoms with Crippen LogP contribution in [0.25, 0.3) is 11.0 Å². The summed E-state index contributed by atoms with van der Waals surface area (Å²) in [6.07, 6.45) is 4.33. The smallest absolute Gasteiger partial charge is 0.258 e. The van der Waals surface area contributed by atoms with Gasteiger partial charge >= 0.3 is 0 Å². The Balaban J connectivity index is 1.69. The number of carbonyl (C=O) groups is 2. The van der Waals surface area contributed by atoms with E-state index in [0.29, 0.717) is 5.75 Å². The van der Waals surface area contributed by atoms with E-state index in [9.17, 15) is 9.59 Å². The minimum atomic E-state index is -0.584. The van der Waals surface area contributed by atoms with E-state index in [-0.39, 0.29) is 19.1 Å². The van der Waals surface area contributed by atoms with Crippen LogP contribution >= 0.6 is 0 Å². The Morgan fingerprint density at radius 2 is 2.09 bits per heavy atom. The second kappa shape index (κ2) is 6.09. The second-order valence-corrected chi connectivity index (χ2v) is 5.40. The first-order chi connectivity index (χ1) is 10.6. The Morgan fingerprint density at radius 3 is 2.91 bits per heavy atom. The van der Waals surface area contributed by atoms with Gasteiger partial charge in [0.2, 0.25) is 5.91 Å². The monoisotopic (exact) mass is 302 g/mol. The first-order valence-corrected chi connectivity index (χ1v) is 7.35. The van der Waals surface area contributed by atoms with Crippen LogP contribution in [0.3, 0.4) is 0 Å². The highest BCUT2D eigenvalue weighted by molar-refractivity contribution is 5.85. The third kappa shape index (κ3) is 3.05. The summed E-state index contributed by atoms with van der Waals surface area (Å²) in [6, 6.07) is 5.55. The van der Waals surface area contributed by atoms with Crippen molar-refractivity contribution >= 4 is 22.8 Å². The molecule has 0 bridgehead atoms. The van der Waals surface area contributed by atoms with Gasteiger partial charge in [0.25, 0.3) is 5.91 Å². The van der Waals surface area contributed by atoms with Crippen molar-refractivity contribution in [3.8, 4) is 5.75 Å². The normalized spacial score (nSPS) is 13.6. The van der Waals surface area contributed by atoms with Crippen molar-refractivity contribution in [3.63, 3.8) is 0 Å². The molecule has 116 valence electrons. The van der Waals surface area contributed by atoms with E-state index < -0.39 is 5.91 Å². The second-order valence-electron chi connectivity index (χ2n) is 5.40. The number of amides is 2. The molecule has 22 heavy (non-hydrogen) atoms. The van der Waals surface area contributed by atoms with Crippen molar-refractivity contribution in [1.82, 2.24) is 5.32 Å². The van der Waals surface area contributed by atoms with Crippen molar-refractivity contribution < 1.29 is 18.7 Å². The van der Waals surface area contributed by atoms with Crippen LogP contribution in [0.15, 0.2) is 22.6 Å². The van der Waals surface area contributed by atoms with Crippen molar-refractivity contribution in [2.24, 2.45) is 5.73 Å². The standard InChI is InChI=1S/C16H18N2O4/c17-15(19)8-18-16(20)9-21-10-5-6-14-12(7-10)11-3-1-2-4-13(11)22-14/h5-7H,1-4,8-9H2,(H2,17,19)(H,18,20). The number of benzene rings is 1. The number of nitrogens with one attached hydrogen (secondary N) is 1. The van der Waals surface area contributed by atoms with Gasteiger partial charge in [0.1, 0.15) is 17.1 Å². The zero-order valence-corrected chi connectivity index (χ0v) is 12.2. The van der Waals surface area contributed by atoms with E-state index in [1.165, 1.54) is 12.0 Å². The van der Waals surface area contributed by atoms with Crippen LogP contribution in [0.1, 0.15) is 24.2 Å². The average Bonchev–Trinajstić information content (AvgIpc) is 2.89. The molecule has 0 saturated carbocycles. The Labute approximate surface area is 127 Å². The van der Waals surface area contributed by atoms with E-state index in [1.54, 1.807) is 6.07 Å². The van der Waals surface area contributed by atoms with Gasteiger partial charge < -0.3 is 20.2 Å². The molecule has 0 aliphatic heterocycles. The maximum absolute atomic E-state index is 11.5. The van der Waals surface area contributed by atoms with Gasteiger partial charge in [-0.2, -0.15) is 0 Å². The molecule has 1 aromatic carbocycles. The van der Waals surface area contributed by atoms with E-state index in [4.69, 9.17) is 14.9 Å². The molecule has 1 heterocycles. The van der Waals surface area contributed by atoms with E-state index >= 15 is 0 Å². The minimum absolute atomic E-state index is 0.154. The number of hydrogen-bond donors (Lipinski definition) is 2. The lowest BCUT2D eigenvalue weighted by Crippen LogP contribution is -2.36. The van der Waals surface area contributed by atoms with E-state index in [0.717, 1.165) is 36.0 Å². The summed E-state index contributed by atoms with van der Waals surface area (Å²) in [5.41, 5.74) is 7.07. The van der Waals surface area contributed by atoms with Gasteiger partial charge in [-0.15, -0.1) is 0 Å². The molecule has 0 spiro atoms. The maximum Gasteiger partial charge on any atom is 0.258 e. The predicted molar refractivity (Wildman–Crippen MR) is 80.6 cm³/mol. The van der Waals surface area contributed by atoms with Crippen LogP contribution in [-0.2, 0) is 22.4 Å². The molecule has 0 radical (unpaired) electrons. The lowest BCUT2D eigenvalue weighted by Gasteiger charge is -2.09. The fourth-order valence-corrected chi connectivity index (χ4v) is 2.72. The van der Waals surface area contributed by atoms with Gasteiger partial charge in [-0.05, 0) is 37.5 Å². The highest BCUT2D eigenvalue weighted by Gasteiger charge is 2.18. The number of primary amides is 1. The van der Waals surface area contributed by atoms with Crippen molar-refractivity contribution in [2.45, 2.75) is 25.7 Å². The molecule has 1 aliphatic rings. The van der Waals surface area contributed by atoms with Crippen molar-refractivity contribution in [2.75, 3.05) is 13.2 Å². The highest BCUT2D eigenvalue weighted by Crippen LogP contribution is 2.33. The number of rotatable bonds is 5. The Morgan fingerprint density at radius 1 is 1.27 bits per heavy atom. The van der Waals surface area contributed by atoms with Crippen LogP contribution in [0.4, 0.5) is 0 Å². The first kappa shape index (κ1) is 14.4. The molecular formula is C16H18N2O4. The summed E-state index contributed by atoms with van der Waals surface area (Å²) >= 11 is 0. The summed E-state index contributed by atoms with van der Waals surface area (Å²) in [5, 5.41) is 3.44. The van der Waals surface area contributed by atoms with Crippen LogP contribution < -0.4 is 15.8 Å². The van der Waals surface area contributed by atoms with Crippen molar-refractivity contribution in [1.29, 1.82) is 0 Å². The quantitative estimate of drug-likeness (QED) is 0.870. The largest absolute Gasteiger partial charge is 0.484 e. The number of hydrogen-bond acceptors (Lipinski definition) is 4. The zero-order chi connectivity index (χ0) is 15.5. The van der Waals surface area contributed by atoms with Gasteiger partial charge in [-0.3, -0.25) is 9.59 Å². The third-order valence-electron chi connectivity index (χ3n) is 3.76. The van der Waals surface area contributed by atoms with Gasteiger partial charge in [-0.1, -0.05) is 0 Å². The summed E-state index contributed by atoms with van der Waals surface area (Å²) in [5.74, 6) is 0.710. The molecular weight excluding hydrogens is 284 g/mol. The molecule has 3 N–H and O–H groups in total. The molecule has 0 unspecified atom stereocenters. The minimum Gasteiger partial charge on any atom is -0.484 e. The van der Waals surface area contributed by atoms with Gasteiger partial charge in [0, 0.05) is 17.4 Å². The van der Waals surface area contributed by atoms with Crippen LogP contribution in [0, 0.1) is 0 Å². The SMILES string of the molecule is NC(=O)CNC(=O)COc1ccc2oc3c(c2c1)CCCC3. The lowest BCUT2D eigenvalue weighted by molar-refractivity contribution is -0.126. The van der Waals surface area contributed by atoms with E-state index in [1.807, 2.05) is 12.1 Å². The third-order valence-corrected chi connectivity index (χ3v) is 3.76. The van der Waals surface area contributed by atoms with Crippen LogP contribution in [-0.4, -0.2) is 25.0 Å². The molecule has 1 aliphatic carbocycles. The predicted octanol–water partition coefficient (Wildman–Crippen LogP) is 1.29. The number of carbonyl (C=O) groups excluding carboxylic acids is 2. The topological polar surface area (TPSA) is 94.6 Å². The fraction of sp³-hybridized carbons (Fsp3) is 0.375. The molecule has 3 rings (SSSR count). The molecule has 0 fully saturated rings. The molecule has 1 aromatic heterocycles. The highest BCUT2D eigenvalue weighted by atomic mass is 16.5. The lowest BCUT2D eigenvalue weighted by atomic mass is 9.96. The van der Waals surface area contributed by atoms with E-state index in [2.05, 4.69) is 5.32 Å². The number of furan rings is 1. The molecule has 6 nitrogen and oxygen atoms in total. The maximum atomic E-state index is 11.5. The summed E-state index contributed by atoms with van der Waals surface area (Å²) < 4.78 is 11.3. The Bertz CT molecular complexity index is 720. The number of fused-ring (bicyclic) bond motifs is 3. The summed E-state index contributed by atoms with van der Waals surface area (Å²) in [4.78, 5) is 22.1. The molecule has 2 amide bonds. The van der Waals surface area contributed by atoms with Crippen LogP contribution in [0.2, 0.25) is 0 Å². The summed E-state index contributed by atoms with van der Waals surface area (Å²) in [7, 11) is 0. The molecule has 2 aromatic rings. The summed E-state index contributed by atoms with van der Waals surface area (Å²) in [6.45, 7) is -0.338. The number of aryl methyl sites for hydroxylation is 2. The number of nitrogens with two attached hydrogens (primary N) is 1. The first-order valence-electron chi connectivity index (χ1n) is 7.35. The Hall–Kier alpha value is -2.50. The Kier molecular flexibility index (Phi) is 4.00. The average molecular weight is 302 g/mol. The van der Waals surface area contributed by atoms with Crippen molar-refractivity contribution in [3.05, 3.63) is 29.5 Å². The van der Waals surface area contributed by atoms with Gasteiger partial charge in [0.15, 0.2) is 6.61 Å². The number of ether oxygens (including phenoxy) is 1. The molecule has 6 heteroatoms. The van der Waals surface area contributed by atoms with Crippen LogP contribution in [0.5, 0.6) is 5.75 Å². The van der Waals surface area contributed by atoms with Gasteiger partial charge in [-0.25, -0.2) is 0 Å².